The van der Waals surface area contributed by atoms with Crippen LogP contribution in [-0.2, 0) is 28.6 Å². The van der Waals surface area contributed by atoms with Crippen LogP contribution in [0.2, 0.25) is 0 Å². The first-order chi connectivity index (χ1) is 19.3. The van der Waals surface area contributed by atoms with Crippen LogP contribution in [-0.4, -0.2) is 59.6 Å². The maximum Gasteiger partial charge on any atom is 0.343 e. The van der Waals surface area contributed by atoms with Crippen molar-refractivity contribution >= 4 is 29.8 Å². The molecule has 2 aromatic rings. The molecule has 0 radical (unpaired) electrons. The average Bonchev–Trinajstić information content (AvgIpc) is 2.95. The lowest BCUT2D eigenvalue weighted by Crippen LogP contribution is -2.47. The van der Waals surface area contributed by atoms with Gasteiger partial charge in [-0.25, -0.2) is 23.4 Å². The van der Waals surface area contributed by atoms with E-state index < -0.39 is 83.8 Å². The van der Waals surface area contributed by atoms with Crippen molar-refractivity contribution in [3.63, 3.8) is 0 Å². The molecule has 1 aromatic carbocycles. The van der Waals surface area contributed by atoms with E-state index in [2.05, 4.69) is 10.3 Å². The van der Waals surface area contributed by atoms with Crippen molar-refractivity contribution in [1.29, 1.82) is 0 Å². The number of ether oxygens (including phenoxy) is 4. The molecule has 220 valence electrons. The number of nitrogens with one attached hydrogen (secondary N) is 1. The fraction of sp³-hybridized carbons (Fsp3) is 0.429. The number of rotatable bonds is 7. The third-order valence-corrected chi connectivity index (χ3v) is 6.28. The van der Waals surface area contributed by atoms with Gasteiger partial charge in [0, 0.05) is 6.20 Å². The Kier molecular flexibility index (Phi) is 10.1. The lowest BCUT2D eigenvalue weighted by molar-refractivity contribution is -0.176. The second-order valence-corrected chi connectivity index (χ2v) is 9.69. The van der Waals surface area contributed by atoms with Crippen LogP contribution in [0.5, 0.6) is 5.75 Å². The van der Waals surface area contributed by atoms with Crippen molar-refractivity contribution in [3.8, 4) is 5.75 Å². The number of hydrogen-bond donors (Lipinski definition) is 1. The van der Waals surface area contributed by atoms with Crippen LogP contribution >= 0.6 is 0 Å². The zero-order chi connectivity index (χ0) is 30.4. The van der Waals surface area contributed by atoms with Crippen molar-refractivity contribution in [3.05, 3.63) is 58.9 Å². The molecular weight excluding hydrogens is 546 g/mol. The minimum atomic E-state index is -1.50. The van der Waals surface area contributed by atoms with Gasteiger partial charge in [0.05, 0.1) is 17.4 Å². The number of aromatic nitrogens is 1. The van der Waals surface area contributed by atoms with E-state index in [9.17, 15) is 32.8 Å². The zero-order valence-corrected chi connectivity index (χ0v) is 23.1. The van der Waals surface area contributed by atoms with E-state index in [1.807, 2.05) is 0 Å². The Morgan fingerprint density at radius 3 is 2.46 bits per heavy atom. The molecule has 1 saturated heterocycles. The normalized spacial score (nSPS) is 21.1. The van der Waals surface area contributed by atoms with Crippen molar-refractivity contribution in [1.82, 2.24) is 10.3 Å². The van der Waals surface area contributed by atoms with Gasteiger partial charge in [-0.15, -0.1) is 0 Å². The number of amides is 1. The molecule has 0 bridgehead atoms. The maximum atomic E-state index is 13.6. The molecule has 0 saturated carbocycles. The fourth-order valence-electron chi connectivity index (χ4n) is 3.92. The molecule has 4 unspecified atom stereocenters. The largest absolute Gasteiger partial charge is 0.463 e. The summed E-state index contributed by atoms with van der Waals surface area (Å²) >= 11 is 0. The minimum Gasteiger partial charge on any atom is -0.463 e. The zero-order valence-electron chi connectivity index (χ0n) is 23.1. The van der Waals surface area contributed by atoms with E-state index in [1.54, 1.807) is 20.8 Å². The first-order valence-electron chi connectivity index (χ1n) is 12.8. The van der Waals surface area contributed by atoms with Crippen molar-refractivity contribution < 1.29 is 51.7 Å². The van der Waals surface area contributed by atoms with E-state index in [0.29, 0.717) is 11.6 Å². The van der Waals surface area contributed by atoms with Crippen LogP contribution < -0.4 is 10.1 Å². The second kappa shape index (κ2) is 13.3. The predicted octanol–water partition coefficient (Wildman–Crippen LogP) is 3.07. The highest BCUT2D eigenvalue weighted by atomic mass is 19.2. The molecule has 13 heteroatoms. The maximum absolute atomic E-state index is 13.6. The molecule has 3 rings (SSSR count). The SMILES string of the molecule is CCC1C(=O)OCC(NC(=O)c2nccc(C)c2OC(=O)c2ccc(F)c(F)c2)C(=O)OC(C)C1OC(=O)C(C)C. The molecule has 1 aliphatic rings. The highest BCUT2D eigenvalue weighted by molar-refractivity contribution is 5.99. The predicted molar refractivity (Wildman–Crippen MR) is 137 cm³/mol. The Hall–Kier alpha value is -4.42. The number of halogens is 2. The van der Waals surface area contributed by atoms with E-state index >= 15 is 0 Å². The lowest BCUT2D eigenvalue weighted by atomic mass is 9.95. The summed E-state index contributed by atoms with van der Waals surface area (Å²) in [7, 11) is 0. The van der Waals surface area contributed by atoms with Crippen LogP contribution in [0.15, 0.2) is 30.5 Å². The average molecular weight is 577 g/mol. The van der Waals surface area contributed by atoms with Crippen LogP contribution in [0.1, 0.15) is 60.5 Å². The summed E-state index contributed by atoms with van der Waals surface area (Å²) in [6.07, 6.45) is -0.720. The molecule has 1 aliphatic heterocycles. The highest BCUT2D eigenvalue weighted by Crippen LogP contribution is 2.25. The first-order valence-corrected chi connectivity index (χ1v) is 12.8. The third kappa shape index (κ3) is 7.41. The van der Waals surface area contributed by atoms with Gasteiger partial charge in [0.1, 0.15) is 12.7 Å². The van der Waals surface area contributed by atoms with Gasteiger partial charge in [0.15, 0.2) is 35.2 Å². The van der Waals surface area contributed by atoms with Crippen LogP contribution in [0.3, 0.4) is 0 Å². The molecule has 1 amide bonds. The standard InChI is InChI=1S/C28H30F2N2O9/c1-6-17-23(41-25(34)13(2)3)15(5)39-28(37)20(12-38-27(17)36)32-24(33)21-22(14(4)9-10-31-21)40-26(35)16-7-8-18(29)19(30)11-16/h7-11,13,15,17,20,23H,6,12H2,1-5H3,(H,32,33). The van der Waals surface area contributed by atoms with E-state index in [1.165, 1.54) is 26.1 Å². The number of pyridine rings is 1. The van der Waals surface area contributed by atoms with Crippen LogP contribution in [0.25, 0.3) is 0 Å². The minimum absolute atomic E-state index is 0.216. The van der Waals surface area contributed by atoms with Gasteiger partial charge in [-0.05, 0) is 50.1 Å². The summed E-state index contributed by atoms with van der Waals surface area (Å²) in [5.74, 6) is -8.57. The molecule has 1 N–H and O–H groups in total. The smallest absolute Gasteiger partial charge is 0.343 e. The van der Waals surface area contributed by atoms with Gasteiger partial charge in [-0.3, -0.25) is 14.4 Å². The van der Waals surface area contributed by atoms with Crippen molar-refractivity contribution in [2.45, 2.75) is 59.3 Å². The van der Waals surface area contributed by atoms with Crippen molar-refractivity contribution in [2.24, 2.45) is 11.8 Å². The summed E-state index contributed by atoms with van der Waals surface area (Å²) in [6.45, 7) is 7.26. The first kappa shape index (κ1) is 31.1. The monoisotopic (exact) mass is 576 g/mol. The number of benzene rings is 1. The molecule has 0 aliphatic carbocycles. The molecule has 1 aromatic heterocycles. The molecule has 2 heterocycles. The Bertz CT molecular complexity index is 1350. The number of esters is 4. The molecule has 4 atom stereocenters. The van der Waals surface area contributed by atoms with Gasteiger partial charge in [-0.1, -0.05) is 20.8 Å². The van der Waals surface area contributed by atoms with Gasteiger partial charge in [0.2, 0.25) is 0 Å². The molecular formula is C28H30F2N2O9. The Balaban J connectivity index is 1.83. The fourth-order valence-corrected chi connectivity index (χ4v) is 3.92. The van der Waals surface area contributed by atoms with Gasteiger partial charge < -0.3 is 24.3 Å². The van der Waals surface area contributed by atoms with Crippen molar-refractivity contribution in [2.75, 3.05) is 6.61 Å². The molecule has 1 fully saturated rings. The Labute approximate surface area is 234 Å². The number of carbonyl (C=O) groups is 5. The molecule has 11 nitrogen and oxygen atoms in total. The number of hydrogen-bond acceptors (Lipinski definition) is 10. The third-order valence-electron chi connectivity index (χ3n) is 6.28. The van der Waals surface area contributed by atoms with Crippen LogP contribution in [0, 0.1) is 30.4 Å². The number of carbonyl (C=O) groups excluding carboxylic acids is 5. The number of cyclic esters (lactones) is 2. The quantitative estimate of drug-likeness (QED) is 0.385. The van der Waals surface area contributed by atoms with Gasteiger partial charge in [0.25, 0.3) is 5.91 Å². The summed E-state index contributed by atoms with van der Waals surface area (Å²) in [5, 5.41) is 2.36. The van der Waals surface area contributed by atoms with Gasteiger partial charge >= 0.3 is 23.9 Å². The number of aryl methyl sites for hydroxylation is 1. The van der Waals surface area contributed by atoms with E-state index in [4.69, 9.17) is 18.9 Å². The highest BCUT2D eigenvalue weighted by Gasteiger charge is 2.41. The number of nitrogens with zero attached hydrogens (tertiary/aromatic N) is 1. The second-order valence-electron chi connectivity index (χ2n) is 9.69. The summed E-state index contributed by atoms with van der Waals surface area (Å²) in [6, 6.07) is 2.33. The van der Waals surface area contributed by atoms with Gasteiger partial charge in [-0.2, -0.15) is 0 Å². The van der Waals surface area contributed by atoms with E-state index in [0.717, 1.165) is 12.1 Å². The summed E-state index contributed by atoms with van der Waals surface area (Å²) in [4.78, 5) is 67.9. The van der Waals surface area contributed by atoms with E-state index in [-0.39, 0.29) is 17.7 Å². The molecule has 41 heavy (non-hydrogen) atoms. The Morgan fingerprint density at radius 2 is 1.83 bits per heavy atom. The lowest BCUT2D eigenvalue weighted by Gasteiger charge is -2.29. The summed E-state index contributed by atoms with van der Waals surface area (Å²) < 4.78 is 48.4. The van der Waals surface area contributed by atoms with Crippen LogP contribution in [0.4, 0.5) is 8.78 Å². The topological polar surface area (TPSA) is 147 Å². The Morgan fingerprint density at radius 1 is 1.12 bits per heavy atom. The summed E-state index contributed by atoms with van der Waals surface area (Å²) in [5.41, 5.74) is -0.445. The molecule has 0 spiro atoms.